The lowest BCUT2D eigenvalue weighted by molar-refractivity contribution is -0.113. The van der Waals surface area contributed by atoms with Gasteiger partial charge in [-0.05, 0) is 37.7 Å². The van der Waals surface area contributed by atoms with Crippen molar-refractivity contribution in [3.05, 3.63) is 21.8 Å². The van der Waals surface area contributed by atoms with Crippen LogP contribution in [-0.2, 0) is 29.4 Å². The van der Waals surface area contributed by atoms with Gasteiger partial charge in [-0.3, -0.25) is 4.79 Å². The number of rotatable bonds is 5. The number of esters is 1. The minimum atomic E-state index is -0.385. The molecular formula is C17H22N4O3S2. The minimum Gasteiger partial charge on any atom is -0.465 e. The maximum absolute atomic E-state index is 12.4. The van der Waals surface area contributed by atoms with Gasteiger partial charge in [-0.2, -0.15) is 0 Å². The van der Waals surface area contributed by atoms with E-state index in [1.54, 1.807) is 0 Å². The Kier molecular flexibility index (Phi) is 5.67. The summed E-state index contributed by atoms with van der Waals surface area (Å²) in [5.74, 6) is 1.02. The molecular weight excluding hydrogens is 372 g/mol. The molecule has 2 heterocycles. The molecule has 0 radical (unpaired) electrons. The number of carbonyl (C=O) groups excluding carboxylic acids is 2. The fraction of sp³-hybridized carbons (Fsp3) is 0.529. The zero-order valence-corrected chi connectivity index (χ0v) is 16.9. The van der Waals surface area contributed by atoms with E-state index in [1.165, 1.54) is 35.1 Å². The average Bonchev–Trinajstić information content (AvgIpc) is 3.12. The number of aryl methyl sites for hydroxylation is 1. The van der Waals surface area contributed by atoms with Gasteiger partial charge in [0.2, 0.25) is 5.91 Å². The Hall–Kier alpha value is -1.87. The fourth-order valence-electron chi connectivity index (χ4n) is 2.96. The number of methoxy groups -OCH3 is 1. The van der Waals surface area contributed by atoms with E-state index in [4.69, 9.17) is 4.74 Å². The Labute approximate surface area is 160 Å². The molecule has 0 spiro atoms. The van der Waals surface area contributed by atoms with Crippen LogP contribution in [-0.4, -0.2) is 39.5 Å². The number of thioether (sulfide) groups is 1. The summed E-state index contributed by atoms with van der Waals surface area (Å²) < 4.78 is 6.78. The van der Waals surface area contributed by atoms with Crippen molar-refractivity contribution >= 4 is 40.0 Å². The zero-order chi connectivity index (χ0) is 18.8. The second-order valence-electron chi connectivity index (χ2n) is 6.47. The molecule has 7 nitrogen and oxygen atoms in total. The molecule has 1 aliphatic rings. The average molecular weight is 395 g/mol. The molecule has 2 aromatic rings. The maximum Gasteiger partial charge on any atom is 0.341 e. The highest BCUT2D eigenvalue weighted by molar-refractivity contribution is 7.99. The van der Waals surface area contributed by atoms with Gasteiger partial charge in [0.25, 0.3) is 0 Å². The van der Waals surface area contributed by atoms with Gasteiger partial charge in [-0.15, -0.1) is 21.5 Å². The molecule has 1 atom stereocenters. The molecule has 9 heteroatoms. The van der Waals surface area contributed by atoms with Crippen LogP contribution in [0.25, 0.3) is 0 Å². The summed E-state index contributed by atoms with van der Waals surface area (Å²) >= 11 is 2.81. The van der Waals surface area contributed by atoms with Crippen molar-refractivity contribution in [2.75, 3.05) is 18.2 Å². The highest BCUT2D eigenvalue weighted by atomic mass is 32.2. The van der Waals surface area contributed by atoms with E-state index >= 15 is 0 Å². The van der Waals surface area contributed by atoms with E-state index in [0.717, 1.165) is 30.7 Å². The number of hydrogen-bond donors (Lipinski definition) is 1. The van der Waals surface area contributed by atoms with E-state index in [-0.39, 0.29) is 17.6 Å². The summed E-state index contributed by atoms with van der Waals surface area (Å²) in [6, 6.07) is 0. The third-order valence-corrected chi connectivity index (χ3v) is 6.73. The van der Waals surface area contributed by atoms with Gasteiger partial charge >= 0.3 is 5.97 Å². The summed E-state index contributed by atoms with van der Waals surface area (Å²) in [6.07, 6.45) is 2.83. The molecule has 0 saturated heterocycles. The van der Waals surface area contributed by atoms with E-state index in [0.29, 0.717) is 21.6 Å². The van der Waals surface area contributed by atoms with Crippen LogP contribution in [0.4, 0.5) is 5.00 Å². The summed E-state index contributed by atoms with van der Waals surface area (Å²) in [5, 5.41) is 12.2. The standard InChI is InChI=1S/C17H22N4O3S2/c1-9-5-6-11-12(7-9)26-15(14(11)16(23)24-4)18-13(22)8-25-17-20-19-10(2)21(17)3/h9H,5-8H2,1-4H3,(H,18,22). The molecule has 0 aliphatic heterocycles. The molecule has 1 amide bonds. The van der Waals surface area contributed by atoms with Crippen LogP contribution >= 0.6 is 23.1 Å². The highest BCUT2D eigenvalue weighted by Crippen LogP contribution is 2.40. The predicted molar refractivity (Wildman–Crippen MR) is 102 cm³/mol. The first-order valence-corrected chi connectivity index (χ1v) is 10.2. The molecule has 26 heavy (non-hydrogen) atoms. The lowest BCUT2D eigenvalue weighted by atomic mass is 9.88. The maximum atomic E-state index is 12.4. The molecule has 1 aliphatic carbocycles. The molecule has 3 rings (SSSR count). The SMILES string of the molecule is COC(=O)c1c(NC(=O)CSc2nnc(C)n2C)sc2c1CCC(C)C2. The molecule has 0 saturated carbocycles. The number of thiophene rings is 1. The normalized spacial score (nSPS) is 16.2. The van der Waals surface area contributed by atoms with E-state index < -0.39 is 0 Å². The highest BCUT2D eigenvalue weighted by Gasteiger charge is 2.28. The van der Waals surface area contributed by atoms with E-state index in [9.17, 15) is 9.59 Å². The van der Waals surface area contributed by atoms with Gasteiger partial charge < -0.3 is 14.6 Å². The summed E-state index contributed by atoms with van der Waals surface area (Å²) in [7, 11) is 3.23. The van der Waals surface area contributed by atoms with Crippen molar-refractivity contribution in [2.45, 2.75) is 38.3 Å². The van der Waals surface area contributed by atoms with Crippen molar-refractivity contribution in [1.82, 2.24) is 14.8 Å². The van der Waals surface area contributed by atoms with Gasteiger partial charge in [0.1, 0.15) is 10.8 Å². The van der Waals surface area contributed by atoms with Gasteiger partial charge in [0, 0.05) is 11.9 Å². The monoisotopic (exact) mass is 394 g/mol. The topological polar surface area (TPSA) is 86.1 Å². The number of amides is 1. The predicted octanol–water partition coefficient (Wildman–Crippen LogP) is 2.83. The van der Waals surface area contributed by atoms with Gasteiger partial charge in [0.05, 0.1) is 18.4 Å². The molecule has 140 valence electrons. The largest absolute Gasteiger partial charge is 0.465 e. The molecule has 0 fully saturated rings. The number of ether oxygens (including phenoxy) is 1. The number of fused-ring (bicyclic) bond motifs is 1. The van der Waals surface area contributed by atoms with Crippen molar-refractivity contribution in [1.29, 1.82) is 0 Å². The van der Waals surface area contributed by atoms with E-state index in [1.807, 2.05) is 18.5 Å². The van der Waals surface area contributed by atoms with Crippen LogP contribution in [0, 0.1) is 12.8 Å². The Balaban J connectivity index is 1.75. The lowest BCUT2D eigenvalue weighted by Crippen LogP contribution is -2.17. The van der Waals surface area contributed by atoms with Gasteiger partial charge in [-0.25, -0.2) is 4.79 Å². The van der Waals surface area contributed by atoms with Crippen LogP contribution < -0.4 is 5.32 Å². The fourth-order valence-corrected chi connectivity index (χ4v) is 5.13. The number of aromatic nitrogens is 3. The first-order valence-electron chi connectivity index (χ1n) is 8.42. The van der Waals surface area contributed by atoms with Crippen molar-refractivity contribution < 1.29 is 14.3 Å². The Morgan fingerprint density at radius 1 is 1.42 bits per heavy atom. The van der Waals surface area contributed by atoms with Gasteiger partial charge in [-0.1, -0.05) is 18.7 Å². The molecule has 0 bridgehead atoms. The first-order chi connectivity index (χ1) is 12.4. The third kappa shape index (κ3) is 3.78. The van der Waals surface area contributed by atoms with Crippen molar-refractivity contribution in [3.63, 3.8) is 0 Å². The third-order valence-electron chi connectivity index (χ3n) is 4.54. The second-order valence-corrected chi connectivity index (χ2v) is 8.52. The summed E-state index contributed by atoms with van der Waals surface area (Å²) in [4.78, 5) is 25.8. The number of nitrogens with zero attached hydrogens (tertiary/aromatic N) is 3. The number of hydrogen-bond acceptors (Lipinski definition) is 7. The molecule has 2 aromatic heterocycles. The van der Waals surface area contributed by atoms with Crippen LogP contribution in [0.3, 0.4) is 0 Å². The Morgan fingerprint density at radius 2 is 2.19 bits per heavy atom. The molecule has 0 aromatic carbocycles. The van der Waals surface area contributed by atoms with Crippen LogP contribution in [0.15, 0.2) is 5.16 Å². The minimum absolute atomic E-state index is 0.174. The molecule has 1 N–H and O–H groups in total. The Bertz CT molecular complexity index is 843. The Morgan fingerprint density at radius 3 is 2.85 bits per heavy atom. The van der Waals surface area contributed by atoms with Crippen molar-refractivity contribution in [3.8, 4) is 0 Å². The first kappa shape index (κ1) is 18.9. The molecule has 1 unspecified atom stereocenters. The number of anilines is 1. The van der Waals surface area contributed by atoms with Crippen LogP contribution in [0.5, 0.6) is 0 Å². The van der Waals surface area contributed by atoms with E-state index in [2.05, 4.69) is 22.4 Å². The zero-order valence-electron chi connectivity index (χ0n) is 15.3. The summed E-state index contributed by atoms with van der Waals surface area (Å²) in [6.45, 7) is 4.06. The van der Waals surface area contributed by atoms with Crippen LogP contribution in [0.1, 0.15) is 40.0 Å². The van der Waals surface area contributed by atoms with Gasteiger partial charge in [0.15, 0.2) is 5.16 Å². The van der Waals surface area contributed by atoms with Crippen LogP contribution in [0.2, 0.25) is 0 Å². The summed E-state index contributed by atoms with van der Waals surface area (Å²) in [5.41, 5.74) is 1.55. The number of nitrogens with one attached hydrogen (secondary N) is 1. The van der Waals surface area contributed by atoms with Crippen molar-refractivity contribution in [2.24, 2.45) is 13.0 Å². The second kappa shape index (κ2) is 7.79. The number of carbonyl (C=O) groups is 2. The smallest absolute Gasteiger partial charge is 0.341 e. The quantitative estimate of drug-likeness (QED) is 0.620. The lowest BCUT2D eigenvalue weighted by Gasteiger charge is -2.18.